The van der Waals surface area contributed by atoms with E-state index in [1.54, 1.807) is 18.3 Å². The number of ether oxygens (including phenoxy) is 1. The zero-order valence-electron chi connectivity index (χ0n) is 17.0. The van der Waals surface area contributed by atoms with Crippen molar-refractivity contribution in [3.63, 3.8) is 0 Å². The molecule has 2 unspecified atom stereocenters. The second-order valence-corrected chi connectivity index (χ2v) is 8.40. The standard InChI is InChI=1S/C26H26N2O2/c29-26(22-8-4-12-27-17-22)30-24-11-10-20-16-25-21(14-23(20)15-24)9-5-13-28(25)18-19-6-2-1-3-7-19/h1-4,6-8,10-12,15,17,21,25H,5,9,13-14,16,18H2. The highest BCUT2D eigenvalue weighted by Crippen LogP contribution is 2.37. The molecule has 1 aliphatic heterocycles. The number of carbonyl (C=O) groups is 1. The van der Waals surface area contributed by atoms with Crippen LogP contribution in [0.2, 0.25) is 0 Å². The third kappa shape index (κ3) is 4.01. The Hall–Kier alpha value is -2.98. The Balaban J connectivity index is 1.31. The lowest BCUT2D eigenvalue weighted by Crippen LogP contribution is -2.48. The first-order valence-electron chi connectivity index (χ1n) is 10.8. The molecule has 1 aliphatic carbocycles. The summed E-state index contributed by atoms with van der Waals surface area (Å²) in [6.07, 6.45) is 7.84. The van der Waals surface area contributed by atoms with Gasteiger partial charge in [-0.1, -0.05) is 36.4 Å². The van der Waals surface area contributed by atoms with Gasteiger partial charge in [-0.15, -0.1) is 0 Å². The molecule has 0 saturated carbocycles. The number of esters is 1. The maximum Gasteiger partial charge on any atom is 0.345 e. The van der Waals surface area contributed by atoms with E-state index in [1.807, 2.05) is 6.07 Å². The smallest absolute Gasteiger partial charge is 0.345 e. The topological polar surface area (TPSA) is 42.4 Å². The van der Waals surface area contributed by atoms with Gasteiger partial charge in [0.05, 0.1) is 5.56 Å². The highest BCUT2D eigenvalue weighted by Gasteiger charge is 2.35. The van der Waals surface area contributed by atoms with Crippen molar-refractivity contribution in [1.29, 1.82) is 0 Å². The number of rotatable bonds is 4. The molecule has 1 saturated heterocycles. The summed E-state index contributed by atoms with van der Waals surface area (Å²) in [5.41, 5.74) is 4.58. The minimum atomic E-state index is -0.358. The summed E-state index contributed by atoms with van der Waals surface area (Å²) in [5, 5.41) is 0. The molecule has 1 fully saturated rings. The SMILES string of the molecule is O=C(Oc1ccc2c(c1)CC1CCCN(Cc3ccccc3)C1C2)c1cccnc1. The van der Waals surface area contributed by atoms with Crippen molar-refractivity contribution in [1.82, 2.24) is 9.88 Å². The van der Waals surface area contributed by atoms with Crippen molar-refractivity contribution in [2.24, 2.45) is 5.92 Å². The van der Waals surface area contributed by atoms with Crippen LogP contribution >= 0.6 is 0 Å². The first-order valence-corrected chi connectivity index (χ1v) is 10.8. The number of carbonyl (C=O) groups excluding carboxylic acids is 1. The number of fused-ring (bicyclic) bond motifs is 2. The number of nitrogens with zero attached hydrogens (tertiary/aromatic N) is 2. The molecule has 5 rings (SSSR count). The molecule has 0 spiro atoms. The second-order valence-electron chi connectivity index (χ2n) is 8.40. The van der Waals surface area contributed by atoms with E-state index in [9.17, 15) is 4.79 Å². The molecule has 3 aromatic rings. The zero-order valence-corrected chi connectivity index (χ0v) is 17.0. The van der Waals surface area contributed by atoms with E-state index in [0.29, 0.717) is 23.3 Å². The lowest BCUT2D eigenvalue weighted by molar-refractivity contribution is 0.0730. The predicted molar refractivity (Wildman–Crippen MR) is 116 cm³/mol. The maximum absolute atomic E-state index is 12.4. The van der Waals surface area contributed by atoms with Gasteiger partial charge < -0.3 is 4.74 Å². The molecule has 2 aromatic carbocycles. The van der Waals surface area contributed by atoms with Gasteiger partial charge in [0.25, 0.3) is 0 Å². The molecule has 0 amide bonds. The summed E-state index contributed by atoms with van der Waals surface area (Å²) in [6, 6.07) is 21.0. The van der Waals surface area contributed by atoms with Crippen LogP contribution in [0.3, 0.4) is 0 Å². The minimum Gasteiger partial charge on any atom is -0.423 e. The number of pyridine rings is 1. The fourth-order valence-electron chi connectivity index (χ4n) is 4.97. The van der Waals surface area contributed by atoms with E-state index >= 15 is 0 Å². The van der Waals surface area contributed by atoms with Crippen molar-refractivity contribution < 1.29 is 9.53 Å². The Kier molecular flexibility index (Phi) is 5.33. The summed E-state index contributed by atoms with van der Waals surface area (Å²) < 4.78 is 5.61. The van der Waals surface area contributed by atoms with Gasteiger partial charge in [0, 0.05) is 25.0 Å². The quantitative estimate of drug-likeness (QED) is 0.473. The van der Waals surface area contributed by atoms with Crippen LogP contribution < -0.4 is 4.74 Å². The molecular formula is C26H26N2O2. The summed E-state index contributed by atoms with van der Waals surface area (Å²) in [5.74, 6) is 0.931. The molecule has 2 atom stereocenters. The lowest BCUT2D eigenvalue weighted by Gasteiger charge is -2.44. The molecule has 0 N–H and O–H groups in total. The van der Waals surface area contributed by atoms with Gasteiger partial charge in [-0.25, -0.2) is 4.79 Å². The number of piperidine rings is 1. The van der Waals surface area contributed by atoms with Crippen molar-refractivity contribution in [2.45, 2.75) is 38.3 Å². The normalized spacial score (nSPS) is 20.8. The Labute approximate surface area is 177 Å². The number of hydrogen-bond acceptors (Lipinski definition) is 4. The molecule has 0 bridgehead atoms. The summed E-state index contributed by atoms with van der Waals surface area (Å²) in [4.78, 5) is 19.0. The van der Waals surface area contributed by atoms with Gasteiger partial charge in [0.2, 0.25) is 0 Å². The number of hydrogen-bond donors (Lipinski definition) is 0. The number of aromatic nitrogens is 1. The molecule has 152 valence electrons. The van der Waals surface area contributed by atoms with Crippen molar-refractivity contribution >= 4 is 5.97 Å². The molecule has 1 aromatic heterocycles. The van der Waals surface area contributed by atoms with Gasteiger partial charge >= 0.3 is 5.97 Å². The van der Waals surface area contributed by atoms with E-state index in [1.165, 1.54) is 42.3 Å². The Morgan fingerprint density at radius 1 is 1.03 bits per heavy atom. The first-order chi connectivity index (χ1) is 14.8. The van der Waals surface area contributed by atoms with E-state index in [4.69, 9.17) is 4.74 Å². The number of benzene rings is 2. The predicted octanol–water partition coefficient (Wildman–Crippen LogP) is 4.68. The largest absolute Gasteiger partial charge is 0.423 e. The summed E-state index contributed by atoms with van der Waals surface area (Å²) >= 11 is 0. The fraction of sp³-hybridized carbons (Fsp3) is 0.308. The van der Waals surface area contributed by atoms with Gasteiger partial charge in [0.1, 0.15) is 5.75 Å². The lowest BCUT2D eigenvalue weighted by atomic mass is 9.75. The third-order valence-corrected chi connectivity index (χ3v) is 6.46. The van der Waals surface area contributed by atoms with E-state index in [2.05, 4.69) is 52.3 Å². The summed E-state index contributed by atoms with van der Waals surface area (Å²) in [6.45, 7) is 2.20. The van der Waals surface area contributed by atoms with Gasteiger partial charge in [-0.05, 0) is 79.1 Å². The Morgan fingerprint density at radius 3 is 2.77 bits per heavy atom. The van der Waals surface area contributed by atoms with Gasteiger partial charge in [-0.2, -0.15) is 0 Å². The average molecular weight is 399 g/mol. The second kappa shape index (κ2) is 8.41. The van der Waals surface area contributed by atoms with Gasteiger partial charge in [-0.3, -0.25) is 9.88 Å². The average Bonchev–Trinajstić information content (AvgIpc) is 2.79. The van der Waals surface area contributed by atoms with Gasteiger partial charge in [0.15, 0.2) is 0 Å². The molecule has 4 nitrogen and oxygen atoms in total. The maximum atomic E-state index is 12.4. The zero-order chi connectivity index (χ0) is 20.3. The van der Waals surface area contributed by atoms with Crippen LogP contribution in [0.25, 0.3) is 0 Å². The Bertz CT molecular complexity index is 1020. The van der Waals surface area contributed by atoms with E-state index < -0.39 is 0 Å². The first kappa shape index (κ1) is 19.0. The van der Waals surface area contributed by atoms with Crippen molar-refractivity contribution in [2.75, 3.05) is 6.54 Å². The van der Waals surface area contributed by atoms with Crippen LogP contribution in [-0.2, 0) is 19.4 Å². The molecular weight excluding hydrogens is 372 g/mol. The molecule has 30 heavy (non-hydrogen) atoms. The van der Waals surface area contributed by atoms with E-state index in [0.717, 1.165) is 19.4 Å². The molecule has 2 heterocycles. The minimum absolute atomic E-state index is 0.358. The fourth-order valence-corrected chi connectivity index (χ4v) is 4.97. The monoisotopic (exact) mass is 398 g/mol. The van der Waals surface area contributed by atoms with Crippen LogP contribution in [0, 0.1) is 5.92 Å². The van der Waals surface area contributed by atoms with Crippen LogP contribution in [0.1, 0.15) is 39.9 Å². The van der Waals surface area contributed by atoms with E-state index in [-0.39, 0.29) is 5.97 Å². The third-order valence-electron chi connectivity index (χ3n) is 6.46. The molecule has 0 radical (unpaired) electrons. The van der Waals surface area contributed by atoms with Crippen LogP contribution in [-0.4, -0.2) is 28.4 Å². The molecule has 2 aliphatic rings. The summed E-state index contributed by atoms with van der Waals surface area (Å²) in [7, 11) is 0. The highest BCUT2D eigenvalue weighted by molar-refractivity contribution is 5.90. The van der Waals surface area contributed by atoms with Crippen LogP contribution in [0.15, 0.2) is 73.1 Å². The molecule has 4 heteroatoms. The highest BCUT2D eigenvalue weighted by atomic mass is 16.5. The Morgan fingerprint density at radius 2 is 1.93 bits per heavy atom. The van der Waals surface area contributed by atoms with Crippen LogP contribution in [0.4, 0.5) is 0 Å². The van der Waals surface area contributed by atoms with Crippen molar-refractivity contribution in [3.05, 3.63) is 95.3 Å². The number of likely N-dealkylation sites (tertiary alicyclic amines) is 1. The van der Waals surface area contributed by atoms with Crippen molar-refractivity contribution in [3.8, 4) is 5.75 Å². The van der Waals surface area contributed by atoms with Crippen LogP contribution in [0.5, 0.6) is 5.75 Å².